The molecule has 0 aliphatic rings. The van der Waals surface area contributed by atoms with Crippen LogP contribution in [-0.2, 0) is 21.6 Å². The molecule has 2 aromatic rings. The molecule has 0 aliphatic heterocycles. The van der Waals surface area contributed by atoms with Crippen LogP contribution in [0.1, 0.15) is 48.7 Å². The summed E-state index contributed by atoms with van der Waals surface area (Å²) in [5.41, 5.74) is 2.64. The van der Waals surface area contributed by atoms with Gasteiger partial charge in [-0.1, -0.05) is 63.2 Å². The van der Waals surface area contributed by atoms with Gasteiger partial charge in [0.2, 0.25) is 0 Å². The Hall–Kier alpha value is -2.27. The second kappa shape index (κ2) is 10.3. The van der Waals surface area contributed by atoms with E-state index < -0.39 is 12.0 Å². The van der Waals surface area contributed by atoms with Crippen molar-refractivity contribution in [2.75, 3.05) is 12.0 Å². The minimum absolute atomic E-state index is 0.0249. The average molecular weight is 400 g/mol. The molecule has 4 nitrogen and oxygen atoms in total. The van der Waals surface area contributed by atoms with Crippen LogP contribution in [0.15, 0.2) is 54.6 Å². The maximum absolute atomic E-state index is 12.6. The van der Waals surface area contributed by atoms with E-state index in [0.29, 0.717) is 12.0 Å². The lowest BCUT2D eigenvalue weighted by Gasteiger charge is -2.20. The van der Waals surface area contributed by atoms with Gasteiger partial charge in [0, 0.05) is 5.56 Å². The van der Waals surface area contributed by atoms with Gasteiger partial charge in [-0.05, 0) is 47.1 Å². The highest BCUT2D eigenvalue weighted by Crippen LogP contribution is 2.22. The molecular weight excluding hydrogens is 370 g/mol. The summed E-state index contributed by atoms with van der Waals surface area (Å²) >= 11 is 1.63. The number of benzene rings is 2. The molecule has 150 valence electrons. The molecule has 0 aromatic heterocycles. The first-order valence-electron chi connectivity index (χ1n) is 9.42. The predicted octanol–water partition coefficient (Wildman–Crippen LogP) is 4.58. The summed E-state index contributed by atoms with van der Waals surface area (Å²) < 4.78 is 5.42. The molecule has 2 aromatic carbocycles. The van der Waals surface area contributed by atoms with E-state index >= 15 is 0 Å². The van der Waals surface area contributed by atoms with Crippen molar-refractivity contribution in [3.05, 3.63) is 71.3 Å². The second-order valence-electron chi connectivity index (χ2n) is 7.73. The van der Waals surface area contributed by atoms with E-state index in [1.807, 2.05) is 48.7 Å². The number of hydrogen-bond donors (Lipinski definition) is 1. The Morgan fingerprint density at radius 2 is 1.68 bits per heavy atom. The third-order valence-corrected chi connectivity index (χ3v) is 5.08. The lowest BCUT2D eigenvalue weighted by molar-refractivity contribution is -0.147. The first kappa shape index (κ1) is 22.0. The molecule has 0 saturated carbocycles. The van der Waals surface area contributed by atoms with Crippen molar-refractivity contribution in [3.8, 4) is 0 Å². The molecule has 1 amide bonds. The van der Waals surface area contributed by atoms with Crippen LogP contribution in [0.25, 0.3) is 0 Å². The summed E-state index contributed by atoms with van der Waals surface area (Å²) in [6.45, 7) is 6.58. The summed E-state index contributed by atoms with van der Waals surface area (Å²) in [7, 11) is 0. The lowest BCUT2D eigenvalue weighted by Crippen LogP contribution is -2.42. The molecule has 1 atom stereocenters. The molecule has 0 saturated heterocycles. The third-order valence-electron chi connectivity index (χ3n) is 4.44. The number of nitrogens with one attached hydrogen (secondary N) is 1. The van der Waals surface area contributed by atoms with Crippen LogP contribution >= 0.6 is 11.8 Å². The zero-order valence-corrected chi connectivity index (χ0v) is 17.8. The molecular formula is C23H29NO3S. The largest absolute Gasteiger partial charge is 0.459 e. The Balaban J connectivity index is 2.01. The van der Waals surface area contributed by atoms with Crippen molar-refractivity contribution < 1.29 is 14.3 Å². The predicted molar refractivity (Wildman–Crippen MR) is 116 cm³/mol. The van der Waals surface area contributed by atoms with E-state index in [1.54, 1.807) is 23.9 Å². The number of amides is 1. The van der Waals surface area contributed by atoms with Crippen LogP contribution in [-0.4, -0.2) is 29.9 Å². The molecule has 0 radical (unpaired) electrons. The summed E-state index contributed by atoms with van der Waals surface area (Å²) in [5, 5.41) is 2.84. The van der Waals surface area contributed by atoms with Gasteiger partial charge >= 0.3 is 5.97 Å². The van der Waals surface area contributed by atoms with Crippen molar-refractivity contribution in [1.29, 1.82) is 0 Å². The van der Waals surface area contributed by atoms with Crippen LogP contribution in [0.4, 0.5) is 0 Å². The number of rotatable bonds is 8. The number of carbonyl (C=O) groups is 2. The minimum Gasteiger partial charge on any atom is -0.459 e. The third kappa shape index (κ3) is 6.71. The quantitative estimate of drug-likeness (QED) is 0.660. The number of thioether (sulfide) groups is 1. The van der Waals surface area contributed by atoms with Crippen molar-refractivity contribution in [2.24, 2.45) is 0 Å². The first-order valence-corrected chi connectivity index (χ1v) is 10.8. The molecule has 0 aliphatic carbocycles. The van der Waals surface area contributed by atoms with E-state index in [1.165, 1.54) is 0 Å². The Bertz CT molecular complexity index is 767. The minimum atomic E-state index is -0.661. The zero-order chi connectivity index (χ0) is 20.6. The molecule has 0 fully saturated rings. The molecule has 1 N–H and O–H groups in total. The highest BCUT2D eigenvalue weighted by Gasteiger charge is 2.23. The summed E-state index contributed by atoms with van der Waals surface area (Å²) in [6.07, 6.45) is 2.50. The molecule has 0 spiro atoms. The van der Waals surface area contributed by atoms with Gasteiger partial charge in [0.05, 0.1) is 0 Å². The van der Waals surface area contributed by atoms with Gasteiger partial charge in [0.25, 0.3) is 5.91 Å². The van der Waals surface area contributed by atoms with Crippen LogP contribution in [0.2, 0.25) is 0 Å². The number of carbonyl (C=O) groups excluding carboxylic acids is 2. The van der Waals surface area contributed by atoms with Crippen LogP contribution in [0.5, 0.6) is 0 Å². The summed E-state index contributed by atoms with van der Waals surface area (Å²) in [5.74, 6) is 0.0923. The van der Waals surface area contributed by atoms with Crippen molar-refractivity contribution in [2.45, 2.75) is 45.3 Å². The smallest absolute Gasteiger partial charge is 0.329 e. The molecule has 0 heterocycles. The van der Waals surface area contributed by atoms with E-state index in [9.17, 15) is 9.59 Å². The monoisotopic (exact) mass is 399 g/mol. The van der Waals surface area contributed by atoms with Crippen LogP contribution in [0.3, 0.4) is 0 Å². The normalized spacial score (nSPS) is 12.3. The molecule has 2 rings (SSSR count). The fraction of sp³-hybridized carbons (Fsp3) is 0.391. The molecule has 0 bridgehead atoms. The first-order chi connectivity index (χ1) is 13.3. The van der Waals surface area contributed by atoms with Gasteiger partial charge in [-0.25, -0.2) is 4.79 Å². The van der Waals surface area contributed by atoms with Crippen LogP contribution < -0.4 is 5.32 Å². The fourth-order valence-corrected chi connectivity index (χ4v) is 3.15. The van der Waals surface area contributed by atoms with Crippen molar-refractivity contribution in [1.82, 2.24) is 5.32 Å². The Morgan fingerprint density at radius 3 is 2.25 bits per heavy atom. The number of ether oxygens (including phenoxy) is 1. The van der Waals surface area contributed by atoms with Gasteiger partial charge in [-0.15, -0.1) is 0 Å². The maximum Gasteiger partial charge on any atom is 0.329 e. The van der Waals surface area contributed by atoms with Gasteiger partial charge in [0.15, 0.2) is 0 Å². The van der Waals surface area contributed by atoms with E-state index in [0.717, 1.165) is 16.9 Å². The maximum atomic E-state index is 12.6. The van der Waals surface area contributed by atoms with E-state index in [2.05, 4.69) is 26.1 Å². The highest BCUT2D eigenvalue weighted by molar-refractivity contribution is 7.98. The summed E-state index contributed by atoms with van der Waals surface area (Å²) in [4.78, 5) is 25.2. The molecule has 28 heavy (non-hydrogen) atoms. The van der Waals surface area contributed by atoms with Gasteiger partial charge in [-0.3, -0.25) is 4.79 Å². The van der Waals surface area contributed by atoms with E-state index in [4.69, 9.17) is 4.74 Å². The fourth-order valence-electron chi connectivity index (χ4n) is 2.68. The summed E-state index contributed by atoms with van der Waals surface area (Å²) in [6, 6.07) is 16.4. The van der Waals surface area contributed by atoms with E-state index in [-0.39, 0.29) is 17.9 Å². The number of hydrogen-bond acceptors (Lipinski definition) is 4. The topological polar surface area (TPSA) is 55.4 Å². The Kier molecular flexibility index (Phi) is 8.12. The van der Waals surface area contributed by atoms with Crippen molar-refractivity contribution in [3.63, 3.8) is 0 Å². The Labute approximate surface area is 172 Å². The molecule has 5 heteroatoms. The number of esters is 1. The van der Waals surface area contributed by atoms with Gasteiger partial charge in [-0.2, -0.15) is 11.8 Å². The highest BCUT2D eigenvalue weighted by atomic mass is 32.2. The SMILES string of the molecule is CSCC[C@H](NC(=O)c1ccc(C(C)(C)C)cc1)C(=O)OCc1ccccc1. The standard InChI is InChI=1S/C23H29NO3S/c1-23(2,3)19-12-10-18(11-13-19)21(25)24-20(14-15-28-4)22(26)27-16-17-8-6-5-7-9-17/h5-13,20H,14-16H2,1-4H3,(H,24,25)/t20-/m0/s1. The zero-order valence-electron chi connectivity index (χ0n) is 17.0. The van der Waals surface area contributed by atoms with Gasteiger partial charge < -0.3 is 10.1 Å². The lowest BCUT2D eigenvalue weighted by atomic mass is 9.86. The van der Waals surface area contributed by atoms with Crippen LogP contribution in [0, 0.1) is 0 Å². The van der Waals surface area contributed by atoms with Gasteiger partial charge in [0.1, 0.15) is 12.6 Å². The second-order valence-corrected chi connectivity index (χ2v) is 8.71. The average Bonchev–Trinajstić information content (AvgIpc) is 2.69. The van der Waals surface area contributed by atoms with Crippen molar-refractivity contribution >= 4 is 23.6 Å². The Morgan fingerprint density at radius 1 is 1.04 bits per heavy atom. The molecule has 0 unspecified atom stereocenters.